The van der Waals surface area contributed by atoms with Crippen LogP contribution in [0, 0.1) is 11.7 Å². The minimum absolute atomic E-state index is 0.00962. The molecule has 124 valence electrons. The van der Waals surface area contributed by atoms with E-state index in [0.29, 0.717) is 21.8 Å². The topological polar surface area (TPSA) is 47.8 Å². The lowest BCUT2D eigenvalue weighted by molar-refractivity contribution is 0.251. The molecular weight excluding hydrogens is 325 g/mol. The maximum atomic E-state index is 13.1. The van der Waals surface area contributed by atoms with Gasteiger partial charge in [0.15, 0.2) is 0 Å². The predicted octanol–water partition coefficient (Wildman–Crippen LogP) is 4.41. The Labute approximate surface area is 143 Å². The van der Waals surface area contributed by atoms with E-state index < -0.39 is 0 Å². The summed E-state index contributed by atoms with van der Waals surface area (Å²) in [6.07, 6.45) is 6.23. The molecule has 0 N–H and O–H groups in total. The number of halogens is 1. The van der Waals surface area contributed by atoms with Crippen LogP contribution >= 0.6 is 11.5 Å². The molecule has 2 atom stereocenters. The summed E-state index contributed by atoms with van der Waals surface area (Å²) in [5, 5.41) is 0. The zero-order valence-electron chi connectivity index (χ0n) is 13.4. The van der Waals surface area contributed by atoms with Gasteiger partial charge in [0.2, 0.25) is 0 Å². The van der Waals surface area contributed by atoms with Crippen molar-refractivity contribution in [3.05, 3.63) is 46.8 Å². The molecule has 0 unspecified atom stereocenters. The fraction of sp³-hybridized carbons (Fsp3) is 0.389. The fourth-order valence-electron chi connectivity index (χ4n) is 3.58. The molecule has 0 radical (unpaired) electrons. The van der Waals surface area contributed by atoms with E-state index in [0.717, 1.165) is 24.8 Å². The highest BCUT2D eigenvalue weighted by molar-refractivity contribution is 7.13. The van der Waals surface area contributed by atoms with Gasteiger partial charge >= 0.3 is 0 Å². The van der Waals surface area contributed by atoms with Crippen molar-refractivity contribution in [3.8, 4) is 11.3 Å². The van der Waals surface area contributed by atoms with Gasteiger partial charge in [-0.25, -0.2) is 9.37 Å². The molecule has 0 spiro atoms. The number of aromatic nitrogens is 3. The van der Waals surface area contributed by atoms with Crippen LogP contribution in [0.5, 0.6) is 0 Å². The predicted molar refractivity (Wildman–Crippen MR) is 93.7 cm³/mol. The molecule has 1 fully saturated rings. The van der Waals surface area contributed by atoms with E-state index in [1.165, 1.54) is 30.1 Å². The minimum Gasteiger partial charge on any atom is -0.295 e. The summed E-state index contributed by atoms with van der Waals surface area (Å²) in [5.74, 6) is 0.195. The lowest BCUT2D eigenvalue weighted by Crippen LogP contribution is -2.30. The van der Waals surface area contributed by atoms with Gasteiger partial charge in [-0.3, -0.25) is 9.36 Å². The van der Waals surface area contributed by atoms with Crippen LogP contribution in [0.4, 0.5) is 4.39 Å². The second kappa shape index (κ2) is 6.09. The molecule has 0 aliphatic heterocycles. The van der Waals surface area contributed by atoms with Gasteiger partial charge in [0.05, 0.1) is 6.33 Å². The van der Waals surface area contributed by atoms with Crippen LogP contribution in [0.25, 0.3) is 21.5 Å². The first-order valence-electron chi connectivity index (χ1n) is 8.27. The molecular formula is C18H18FN3OS. The molecule has 2 aromatic heterocycles. The molecule has 1 aliphatic rings. The third kappa shape index (κ3) is 2.55. The summed E-state index contributed by atoms with van der Waals surface area (Å²) in [4.78, 5) is 17.4. The Morgan fingerprint density at radius 3 is 2.71 bits per heavy atom. The quantitative estimate of drug-likeness (QED) is 0.692. The molecule has 24 heavy (non-hydrogen) atoms. The highest BCUT2D eigenvalue weighted by Gasteiger charge is 2.25. The van der Waals surface area contributed by atoms with Gasteiger partial charge in [-0.1, -0.05) is 19.8 Å². The van der Waals surface area contributed by atoms with Crippen LogP contribution < -0.4 is 5.56 Å². The Bertz CT molecular complexity index is 932. The van der Waals surface area contributed by atoms with Gasteiger partial charge in [-0.15, -0.1) is 0 Å². The summed E-state index contributed by atoms with van der Waals surface area (Å²) < 4.78 is 19.9. The smallest absolute Gasteiger partial charge is 0.273 e. The maximum absolute atomic E-state index is 13.1. The van der Waals surface area contributed by atoms with E-state index in [4.69, 9.17) is 0 Å². The molecule has 1 aromatic carbocycles. The van der Waals surface area contributed by atoms with Crippen molar-refractivity contribution in [2.45, 2.75) is 38.6 Å². The number of benzene rings is 1. The zero-order valence-corrected chi connectivity index (χ0v) is 14.2. The summed E-state index contributed by atoms with van der Waals surface area (Å²) in [6.45, 7) is 2.21. The van der Waals surface area contributed by atoms with Gasteiger partial charge in [-0.2, -0.15) is 4.37 Å². The molecule has 0 amide bonds. The molecule has 4 rings (SSSR count). The Morgan fingerprint density at radius 2 is 1.96 bits per heavy atom. The van der Waals surface area contributed by atoms with Crippen molar-refractivity contribution >= 4 is 21.7 Å². The average Bonchev–Trinajstić information content (AvgIpc) is 3.02. The minimum atomic E-state index is -0.292. The summed E-state index contributed by atoms with van der Waals surface area (Å²) in [5.41, 5.74) is 2.02. The number of nitrogens with zero attached hydrogens (tertiary/aromatic N) is 3. The molecule has 0 bridgehead atoms. The van der Waals surface area contributed by atoms with E-state index >= 15 is 0 Å². The molecule has 2 heterocycles. The van der Waals surface area contributed by atoms with E-state index in [9.17, 15) is 9.18 Å². The van der Waals surface area contributed by atoms with Crippen LogP contribution in [0.15, 0.2) is 35.4 Å². The summed E-state index contributed by atoms with van der Waals surface area (Å²) in [7, 11) is 0. The fourth-order valence-corrected chi connectivity index (χ4v) is 4.37. The summed E-state index contributed by atoms with van der Waals surface area (Å²) in [6, 6.07) is 6.34. The van der Waals surface area contributed by atoms with Gasteiger partial charge in [0.25, 0.3) is 5.56 Å². The van der Waals surface area contributed by atoms with E-state index in [1.54, 1.807) is 23.0 Å². The number of hydrogen-bond donors (Lipinski definition) is 0. The third-order valence-electron chi connectivity index (χ3n) is 4.95. The lowest BCUT2D eigenvalue weighted by Gasteiger charge is -2.29. The Kier molecular flexibility index (Phi) is 3.92. The number of hydrogen-bond acceptors (Lipinski definition) is 4. The van der Waals surface area contributed by atoms with Gasteiger partial charge in [-0.05, 0) is 54.6 Å². The number of rotatable bonds is 2. The van der Waals surface area contributed by atoms with Crippen molar-refractivity contribution in [1.29, 1.82) is 0 Å². The van der Waals surface area contributed by atoms with Crippen LogP contribution in [0.2, 0.25) is 0 Å². The van der Waals surface area contributed by atoms with E-state index in [1.807, 2.05) is 0 Å². The molecule has 1 aliphatic carbocycles. The maximum Gasteiger partial charge on any atom is 0.273 e. The monoisotopic (exact) mass is 343 g/mol. The van der Waals surface area contributed by atoms with Crippen molar-refractivity contribution in [1.82, 2.24) is 13.9 Å². The van der Waals surface area contributed by atoms with Crippen LogP contribution in [0.1, 0.15) is 38.6 Å². The van der Waals surface area contributed by atoms with Gasteiger partial charge in [0, 0.05) is 11.6 Å². The van der Waals surface area contributed by atoms with Crippen molar-refractivity contribution < 1.29 is 4.39 Å². The first kappa shape index (κ1) is 15.4. The molecule has 1 saturated carbocycles. The Balaban J connectivity index is 1.81. The van der Waals surface area contributed by atoms with Gasteiger partial charge in [0.1, 0.15) is 21.7 Å². The first-order valence-corrected chi connectivity index (χ1v) is 9.05. The van der Waals surface area contributed by atoms with Crippen LogP contribution in [-0.2, 0) is 0 Å². The zero-order chi connectivity index (χ0) is 16.7. The largest absolute Gasteiger partial charge is 0.295 e. The van der Waals surface area contributed by atoms with Crippen LogP contribution in [-0.4, -0.2) is 13.9 Å². The Morgan fingerprint density at radius 1 is 1.21 bits per heavy atom. The highest BCUT2D eigenvalue weighted by Crippen LogP contribution is 2.33. The average molecular weight is 343 g/mol. The first-order chi connectivity index (χ1) is 11.6. The van der Waals surface area contributed by atoms with Gasteiger partial charge < -0.3 is 0 Å². The molecule has 6 heteroatoms. The van der Waals surface area contributed by atoms with E-state index in [2.05, 4.69) is 16.3 Å². The van der Waals surface area contributed by atoms with Crippen LogP contribution in [0.3, 0.4) is 0 Å². The molecule has 4 nitrogen and oxygen atoms in total. The highest BCUT2D eigenvalue weighted by atomic mass is 32.1. The van der Waals surface area contributed by atoms with Crippen molar-refractivity contribution in [2.24, 2.45) is 5.92 Å². The lowest BCUT2D eigenvalue weighted by atomic mass is 9.86. The molecule has 0 saturated heterocycles. The number of fused-ring (bicyclic) bond motifs is 1. The van der Waals surface area contributed by atoms with Crippen molar-refractivity contribution in [3.63, 3.8) is 0 Å². The summed E-state index contributed by atoms with van der Waals surface area (Å²) >= 11 is 1.18. The Hall–Kier alpha value is -2.08. The second-order valence-corrected chi connectivity index (χ2v) is 7.28. The third-order valence-corrected chi connectivity index (χ3v) is 5.77. The second-order valence-electron chi connectivity index (χ2n) is 6.50. The standard InChI is InChI=1S/C18H18FN3OS/c1-11-4-2-3-5-14(11)22-10-20-16-15(21-24-17(16)18(22)23)12-6-8-13(19)9-7-12/h6-11,14H,2-5H2,1H3/t11-,14+/m1/s1. The normalized spacial score (nSPS) is 21.2. The van der Waals surface area contributed by atoms with E-state index in [-0.39, 0.29) is 17.4 Å². The molecule has 3 aromatic rings. The SMILES string of the molecule is C[C@@H]1CCCC[C@@H]1n1cnc2c(-c3ccc(F)cc3)nsc2c1=O. The van der Waals surface area contributed by atoms with Crippen molar-refractivity contribution in [2.75, 3.05) is 0 Å².